The molecule has 1 aliphatic rings. The summed E-state index contributed by atoms with van der Waals surface area (Å²) >= 11 is 0. The van der Waals surface area contributed by atoms with Gasteiger partial charge in [0.15, 0.2) is 11.6 Å². The van der Waals surface area contributed by atoms with Crippen molar-refractivity contribution in [3.8, 4) is 17.2 Å². The summed E-state index contributed by atoms with van der Waals surface area (Å²) in [5, 5.41) is 13.3. The third-order valence-electron chi connectivity index (χ3n) is 8.02. The number of carbonyl (C=O) groups is 1. The second kappa shape index (κ2) is 15.7. The monoisotopic (exact) mass is 666 g/mol. The smallest absolute Gasteiger partial charge is 0.413 e. The largest absolute Gasteiger partial charge is 0.497 e. The molecule has 0 radical (unpaired) electrons. The standard InChI is InChI=1S/C34H37F3N6O5/c1-41-15-17-42(18-16-41)14-5-19-48-29-10-8-22(20-27(29)37)39-33-38-13-12-30(40-33)43(34(44)45)32(31-25(35)6-4-7-26(31)36)24-21-23(46-2)9-11-28(24)47-3/h4,6-13,20-21,32H,5,14-19H2,1-3H3,(H,44,45)(H,38,39,40). The van der Waals surface area contributed by atoms with Gasteiger partial charge in [-0.15, -0.1) is 0 Å². The van der Waals surface area contributed by atoms with E-state index in [0.717, 1.165) is 51.3 Å². The molecule has 14 heteroatoms. The Bertz CT molecular complexity index is 1700. The van der Waals surface area contributed by atoms with Gasteiger partial charge in [-0.25, -0.2) is 27.8 Å². The van der Waals surface area contributed by atoms with Crippen LogP contribution in [0.5, 0.6) is 17.2 Å². The van der Waals surface area contributed by atoms with Crippen LogP contribution in [0.15, 0.2) is 66.9 Å². The van der Waals surface area contributed by atoms with Crippen LogP contribution in [0.1, 0.15) is 23.6 Å². The number of halogens is 3. The predicted molar refractivity (Wildman–Crippen MR) is 174 cm³/mol. The lowest BCUT2D eigenvalue weighted by Crippen LogP contribution is -2.44. The number of likely N-dealkylation sites (N-methyl/N-ethyl adjacent to an activating group) is 1. The van der Waals surface area contributed by atoms with Gasteiger partial charge in [-0.3, -0.25) is 0 Å². The average molecular weight is 667 g/mol. The Morgan fingerprint density at radius 3 is 2.35 bits per heavy atom. The maximum Gasteiger partial charge on any atom is 0.413 e. The highest BCUT2D eigenvalue weighted by molar-refractivity contribution is 5.87. The second-order valence-corrected chi connectivity index (χ2v) is 11.2. The van der Waals surface area contributed by atoms with E-state index >= 15 is 8.78 Å². The van der Waals surface area contributed by atoms with Gasteiger partial charge in [0.05, 0.1) is 26.4 Å². The third-order valence-corrected chi connectivity index (χ3v) is 8.02. The number of ether oxygens (including phenoxy) is 3. The van der Waals surface area contributed by atoms with E-state index in [9.17, 15) is 14.3 Å². The van der Waals surface area contributed by atoms with Crippen molar-refractivity contribution in [2.24, 2.45) is 0 Å². The molecule has 1 aromatic heterocycles. The Morgan fingerprint density at radius 2 is 1.69 bits per heavy atom. The highest BCUT2D eigenvalue weighted by Crippen LogP contribution is 2.41. The third kappa shape index (κ3) is 8.06. The molecule has 2 heterocycles. The molecule has 254 valence electrons. The van der Waals surface area contributed by atoms with Crippen LogP contribution in [0, 0.1) is 17.5 Å². The zero-order chi connectivity index (χ0) is 34.2. The van der Waals surface area contributed by atoms with Gasteiger partial charge in [0.2, 0.25) is 5.95 Å². The van der Waals surface area contributed by atoms with E-state index in [1.807, 2.05) is 0 Å². The fraction of sp³-hybridized carbons (Fsp3) is 0.324. The zero-order valence-corrected chi connectivity index (χ0v) is 26.8. The molecule has 0 bridgehead atoms. The molecule has 3 aromatic carbocycles. The minimum absolute atomic E-state index is 0.0904. The number of piperazine rings is 1. The quantitative estimate of drug-likeness (QED) is 0.166. The summed E-state index contributed by atoms with van der Waals surface area (Å²) in [6, 6.07) is 11.7. The number of carboxylic acid groups (broad SMARTS) is 1. The minimum atomic E-state index is -1.61. The van der Waals surface area contributed by atoms with Crippen molar-refractivity contribution < 1.29 is 37.3 Å². The zero-order valence-electron chi connectivity index (χ0n) is 26.8. The van der Waals surface area contributed by atoms with Gasteiger partial charge in [-0.1, -0.05) is 6.07 Å². The number of anilines is 3. The number of hydrogen-bond donors (Lipinski definition) is 2. The molecular weight excluding hydrogens is 629 g/mol. The summed E-state index contributed by atoms with van der Waals surface area (Å²) in [4.78, 5) is 26.7. The first-order valence-electron chi connectivity index (χ1n) is 15.3. The van der Waals surface area contributed by atoms with Crippen LogP contribution in [0.4, 0.5) is 35.4 Å². The summed E-state index contributed by atoms with van der Waals surface area (Å²) in [7, 11) is 4.85. The van der Waals surface area contributed by atoms with Gasteiger partial charge in [-0.05, 0) is 62.0 Å². The lowest BCUT2D eigenvalue weighted by Gasteiger charge is -2.32. The highest BCUT2D eigenvalue weighted by atomic mass is 19.1. The first-order chi connectivity index (χ1) is 23.2. The molecule has 1 saturated heterocycles. The molecule has 0 spiro atoms. The maximum absolute atomic E-state index is 15.4. The number of hydrogen-bond acceptors (Lipinski definition) is 9. The lowest BCUT2D eigenvalue weighted by molar-refractivity contribution is 0.145. The number of benzene rings is 3. The second-order valence-electron chi connectivity index (χ2n) is 11.2. The molecule has 0 saturated carbocycles. The van der Waals surface area contributed by atoms with Gasteiger partial charge in [0.1, 0.15) is 35.0 Å². The molecule has 5 rings (SSSR count). The van der Waals surface area contributed by atoms with E-state index < -0.39 is 35.2 Å². The number of amides is 1. The van der Waals surface area contributed by atoms with Gasteiger partial charge in [0, 0.05) is 56.2 Å². The summed E-state index contributed by atoms with van der Waals surface area (Å²) in [5.41, 5.74) is -0.194. The van der Waals surface area contributed by atoms with Crippen molar-refractivity contribution in [2.45, 2.75) is 12.5 Å². The fourth-order valence-electron chi connectivity index (χ4n) is 5.50. The number of nitrogens with zero attached hydrogens (tertiary/aromatic N) is 5. The van der Waals surface area contributed by atoms with E-state index in [0.29, 0.717) is 17.3 Å². The number of nitrogens with one attached hydrogen (secondary N) is 1. The van der Waals surface area contributed by atoms with Crippen molar-refractivity contribution in [3.05, 3.63) is 95.4 Å². The maximum atomic E-state index is 15.4. The SMILES string of the molecule is COc1ccc(OC)c(C(c2c(F)cccc2F)N(C(=O)O)c2ccnc(Nc3ccc(OCCCN4CCN(C)CC4)c(F)c3)n2)c1. The number of rotatable bonds is 13. The lowest BCUT2D eigenvalue weighted by atomic mass is 9.95. The van der Waals surface area contributed by atoms with Crippen LogP contribution in [-0.2, 0) is 0 Å². The van der Waals surface area contributed by atoms with Crippen LogP contribution >= 0.6 is 0 Å². The molecule has 0 aliphatic carbocycles. The molecule has 48 heavy (non-hydrogen) atoms. The van der Waals surface area contributed by atoms with Gasteiger partial charge in [-0.2, -0.15) is 4.98 Å². The number of methoxy groups -OCH3 is 2. The summed E-state index contributed by atoms with van der Waals surface area (Å²) in [6.45, 7) is 5.25. The van der Waals surface area contributed by atoms with E-state index in [-0.39, 0.29) is 34.5 Å². The molecule has 1 fully saturated rings. The van der Waals surface area contributed by atoms with E-state index in [1.165, 1.54) is 56.8 Å². The Labute approximate surface area is 276 Å². The summed E-state index contributed by atoms with van der Waals surface area (Å²) in [6.07, 6.45) is 0.452. The molecule has 1 atom stereocenters. The van der Waals surface area contributed by atoms with E-state index in [1.54, 1.807) is 12.1 Å². The van der Waals surface area contributed by atoms with Crippen molar-refractivity contribution >= 4 is 23.5 Å². The highest BCUT2D eigenvalue weighted by Gasteiger charge is 2.36. The van der Waals surface area contributed by atoms with Gasteiger partial charge < -0.3 is 34.4 Å². The van der Waals surface area contributed by atoms with Crippen molar-refractivity contribution in [3.63, 3.8) is 0 Å². The van der Waals surface area contributed by atoms with Crippen molar-refractivity contribution in [1.29, 1.82) is 0 Å². The fourth-order valence-corrected chi connectivity index (χ4v) is 5.50. The topological polar surface area (TPSA) is 113 Å². The van der Waals surface area contributed by atoms with E-state index in [4.69, 9.17) is 14.2 Å². The Balaban J connectivity index is 1.38. The Hall–Kier alpha value is -5.08. The predicted octanol–water partition coefficient (Wildman–Crippen LogP) is 5.95. The number of aromatic nitrogens is 2. The Morgan fingerprint density at radius 1 is 0.958 bits per heavy atom. The molecule has 4 aromatic rings. The molecule has 1 amide bonds. The normalized spacial score (nSPS) is 14.3. The molecule has 1 unspecified atom stereocenters. The molecule has 11 nitrogen and oxygen atoms in total. The first-order valence-corrected chi connectivity index (χ1v) is 15.3. The summed E-state index contributed by atoms with van der Waals surface area (Å²) < 4.78 is 62.1. The van der Waals surface area contributed by atoms with Crippen LogP contribution in [-0.4, -0.2) is 91.6 Å². The van der Waals surface area contributed by atoms with Gasteiger partial charge in [0.25, 0.3) is 0 Å². The van der Waals surface area contributed by atoms with Crippen LogP contribution in [0.2, 0.25) is 0 Å². The molecular formula is C34H37F3N6O5. The van der Waals surface area contributed by atoms with E-state index in [2.05, 4.69) is 32.1 Å². The van der Waals surface area contributed by atoms with Crippen molar-refractivity contribution in [2.75, 3.05) is 70.8 Å². The molecule has 2 N–H and O–H groups in total. The average Bonchev–Trinajstić information content (AvgIpc) is 3.07. The first kappa shape index (κ1) is 34.3. The van der Waals surface area contributed by atoms with Crippen LogP contribution < -0.4 is 24.4 Å². The van der Waals surface area contributed by atoms with Crippen molar-refractivity contribution in [1.82, 2.24) is 19.8 Å². The summed E-state index contributed by atoms with van der Waals surface area (Å²) in [5.74, 6) is -2.36. The Kier molecular flexibility index (Phi) is 11.2. The van der Waals surface area contributed by atoms with Crippen LogP contribution in [0.3, 0.4) is 0 Å². The minimum Gasteiger partial charge on any atom is -0.497 e. The molecule has 1 aliphatic heterocycles. The van der Waals surface area contributed by atoms with Gasteiger partial charge >= 0.3 is 6.09 Å². The van der Waals surface area contributed by atoms with Crippen LogP contribution in [0.25, 0.3) is 0 Å².